The first-order valence-electron chi connectivity index (χ1n) is 10.2. The Morgan fingerprint density at radius 2 is 1.71 bits per heavy atom. The minimum atomic E-state index is -0.223. The number of carbonyl (C=O) groups excluding carboxylic acids is 2. The van der Waals surface area contributed by atoms with Gasteiger partial charge in [0.25, 0.3) is 11.5 Å². The summed E-state index contributed by atoms with van der Waals surface area (Å²) in [5, 5.41) is 6.12. The van der Waals surface area contributed by atoms with Crippen molar-refractivity contribution in [2.75, 3.05) is 13.1 Å². The van der Waals surface area contributed by atoms with Gasteiger partial charge in [0.1, 0.15) is 0 Å². The van der Waals surface area contributed by atoms with Crippen LogP contribution >= 0.6 is 23.2 Å². The molecule has 6 nitrogen and oxygen atoms in total. The lowest BCUT2D eigenvalue weighted by molar-refractivity contribution is 0.0645. The Morgan fingerprint density at radius 1 is 1.03 bits per heavy atom. The summed E-state index contributed by atoms with van der Waals surface area (Å²) in [6, 6.07) is 11.9. The molecule has 1 aliphatic rings. The molecular formula is C23H21Cl2N3O3. The fourth-order valence-corrected chi connectivity index (χ4v) is 4.29. The van der Waals surface area contributed by atoms with Crippen LogP contribution < -0.4 is 5.56 Å². The maximum Gasteiger partial charge on any atom is 0.274 e. The second kappa shape index (κ2) is 8.81. The van der Waals surface area contributed by atoms with Crippen LogP contribution in [0, 0.1) is 5.92 Å². The van der Waals surface area contributed by atoms with Gasteiger partial charge < -0.3 is 4.90 Å². The number of hydrogen-bond acceptors (Lipinski definition) is 4. The van der Waals surface area contributed by atoms with Crippen LogP contribution in [0.25, 0.3) is 10.8 Å². The topological polar surface area (TPSA) is 72.3 Å². The average molecular weight is 458 g/mol. The molecule has 0 saturated carbocycles. The van der Waals surface area contributed by atoms with E-state index in [0.29, 0.717) is 58.9 Å². The lowest BCUT2D eigenvalue weighted by atomic mass is 9.88. The van der Waals surface area contributed by atoms with Crippen LogP contribution in [0.5, 0.6) is 0 Å². The quantitative estimate of drug-likeness (QED) is 0.542. The van der Waals surface area contributed by atoms with Crippen LogP contribution in [-0.4, -0.2) is 39.5 Å². The fourth-order valence-electron chi connectivity index (χ4n) is 3.99. The van der Waals surface area contributed by atoms with Crippen molar-refractivity contribution in [2.45, 2.75) is 26.3 Å². The lowest BCUT2D eigenvalue weighted by Gasteiger charge is -2.31. The van der Waals surface area contributed by atoms with Gasteiger partial charge in [-0.05, 0) is 44.0 Å². The van der Waals surface area contributed by atoms with Crippen molar-refractivity contribution in [2.24, 2.45) is 5.92 Å². The summed E-state index contributed by atoms with van der Waals surface area (Å²) in [6.07, 6.45) is 1.10. The van der Waals surface area contributed by atoms with Crippen molar-refractivity contribution in [3.05, 3.63) is 74.1 Å². The van der Waals surface area contributed by atoms with E-state index in [9.17, 15) is 14.4 Å². The molecule has 0 radical (unpaired) electrons. The zero-order valence-corrected chi connectivity index (χ0v) is 18.5. The molecule has 0 bridgehead atoms. The largest absolute Gasteiger partial charge is 0.337 e. The molecule has 0 aliphatic carbocycles. The van der Waals surface area contributed by atoms with Crippen molar-refractivity contribution in [1.82, 2.24) is 14.7 Å². The molecule has 1 saturated heterocycles. The summed E-state index contributed by atoms with van der Waals surface area (Å²) in [7, 11) is 0. The maximum atomic E-state index is 13.3. The van der Waals surface area contributed by atoms with E-state index in [1.807, 2.05) is 6.92 Å². The summed E-state index contributed by atoms with van der Waals surface area (Å²) in [6.45, 7) is 3.08. The standard InChI is InChI=1S/C23H21Cl2N3O3/c1-2-28-22(30)17-6-4-3-5-16(17)20(26-28)23(31)27-11-9-14(10-12-27)21(29)15-7-8-18(24)19(25)13-15/h3-8,13-14H,2,9-12H2,1H3. The summed E-state index contributed by atoms with van der Waals surface area (Å²) in [4.78, 5) is 40.3. The van der Waals surface area contributed by atoms with Crippen LogP contribution in [0.1, 0.15) is 40.6 Å². The van der Waals surface area contributed by atoms with E-state index in [4.69, 9.17) is 23.2 Å². The Kier molecular flexibility index (Phi) is 6.12. The number of amides is 1. The molecule has 1 aromatic heterocycles. The van der Waals surface area contributed by atoms with E-state index in [2.05, 4.69) is 5.10 Å². The number of halogens is 2. The third kappa shape index (κ3) is 4.10. The smallest absolute Gasteiger partial charge is 0.274 e. The monoisotopic (exact) mass is 457 g/mol. The molecule has 2 aromatic carbocycles. The van der Waals surface area contributed by atoms with Crippen molar-refractivity contribution in [1.29, 1.82) is 0 Å². The highest BCUT2D eigenvalue weighted by Gasteiger charge is 2.30. The number of hydrogen-bond donors (Lipinski definition) is 0. The Hall–Kier alpha value is -2.70. The number of aryl methyl sites for hydroxylation is 1. The van der Waals surface area contributed by atoms with Gasteiger partial charge in [0.15, 0.2) is 11.5 Å². The molecule has 1 amide bonds. The van der Waals surface area contributed by atoms with Gasteiger partial charge in [-0.25, -0.2) is 4.68 Å². The molecule has 0 N–H and O–H groups in total. The molecule has 8 heteroatoms. The second-order valence-corrected chi connectivity index (χ2v) is 8.39. The first kappa shape index (κ1) is 21.5. The number of nitrogens with zero attached hydrogens (tertiary/aromatic N) is 3. The number of benzene rings is 2. The number of ketones is 1. The fraction of sp³-hybridized carbons (Fsp3) is 0.304. The molecule has 31 heavy (non-hydrogen) atoms. The van der Waals surface area contributed by atoms with Crippen molar-refractivity contribution < 1.29 is 9.59 Å². The van der Waals surface area contributed by atoms with Crippen LogP contribution in [0.4, 0.5) is 0 Å². The van der Waals surface area contributed by atoms with Crippen LogP contribution in [-0.2, 0) is 6.54 Å². The van der Waals surface area contributed by atoms with E-state index in [1.165, 1.54) is 4.68 Å². The number of fused-ring (bicyclic) bond motifs is 1. The van der Waals surface area contributed by atoms with Crippen LogP contribution in [0.2, 0.25) is 10.0 Å². The van der Waals surface area contributed by atoms with Crippen LogP contribution in [0.3, 0.4) is 0 Å². The molecule has 1 fully saturated rings. The summed E-state index contributed by atoms with van der Waals surface area (Å²) in [5.74, 6) is -0.400. The predicted octanol–water partition coefficient (Wildman–Crippen LogP) is 4.46. The minimum absolute atomic E-state index is 0.00812. The number of carbonyl (C=O) groups is 2. The molecule has 0 atom stereocenters. The number of likely N-dealkylation sites (tertiary alicyclic amines) is 1. The average Bonchev–Trinajstić information content (AvgIpc) is 2.80. The second-order valence-electron chi connectivity index (χ2n) is 7.57. The van der Waals surface area contributed by atoms with Gasteiger partial charge in [0.2, 0.25) is 0 Å². The summed E-state index contributed by atoms with van der Waals surface area (Å²) >= 11 is 12.0. The highest BCUT2D eigenvalue weighted by Crippen LogP contribution is 2.27. The predicted molar refractivity (Wildman–Crippen MR) is 121 cm³/mol. The summed E-state index contributed by atoms with van der Waals surface area (Å²) in [5.41, 5.74) is 0.591. The van der Waals surface area contributed by atoms with Crippen LogP contribution in [0.15, 0.2) is 47.3 Å². The van der Waals surface area contributed by atoms with Crippen molar-refractivity contribution in [3.63, 3.8) is 0 Å². The Bertz CT molecular complexity index is 1230. The normalized spacial score (nSPS) is 14.7. The number of rotatable bonds is 4. The van der Waals surface area contributed by atoms with Gasteiger partial charge >= 0.3 is 0 Å². The Labute approximate surface area is 189 Å². The van der Waals surface area contributed by atoms with E-state index < -0.39 is 0 Å². The Morgan fingerprint density at radius 3 is 2.35 bits per heavy atom. The lowest BCUT2D eigenvalue weighted by Crippen LogP contribution is -2.41. The third-order valence-corrected chi connectivity index (χ3v) is 6.47. The minimum Gasteiger partial charge on any atom is -0.337 e. The van der Waals surface area contributed by atoms with Gasteiger partial charge in [-0.1, -0.05) is 41.4 Å². The molecule has 160 valence electrons. The van der Waals surface area contributed by atoms with Gasteiger partial charge in [0.05, 0.1) is 15.4 Å². The van der Waals surface area contributed by atoms with E-state index in [1.54, 1.807) is 47.4 Å². The molecular weight excluding hydrogens is 437 g/mol. The molecule has 1 aliphatic heterocycles. The SMILES string of the molecule is CCn1nc(C(=O)N2CCC(C(=O)c3ccc(Cl)c(Cl)c3)CC2)c2ccccc2c1=O. The number of Topliss-reactive ketones (excluding diaryl/α,β-unsaturated/α-hetero) is 1. The van der Waals surface area contributed by atoms with Crippen molar-refractivity contribution in [3.8, 4) is 0 Å². The first-order valence-corrected chi connectivity index (χ1v) is 10.9. The van der Waals surface area contributed by atoms with E-state index in [-0.39, 0.29) is 28.9 Å². The van der Waals surface area contributed by atoms with Crippen molar-refractivity contribution >= 4 is 45.7 Å². The first-order chi connectivity index (χ1) is 14.9. The number of aromatic nitrogens is 2. The molecule has 0 spiro atoms. The molecule has 4 rings (SSSR count). The maximum absolute atomic E-state index is 13.3. The molecule has 3 aromatic rings. The van der Waals surface area contributed by atoms with Gasteiger partial charge in [-0.15, -0.1) is 0 Å². The highest BCUT2D eigenvalue weighted by atomic mass is 35.5. The Balaban J connectivity index is 1.54. The zero-order valence-electron chi connectivity index (χ0n) is 17.0. The van der Waals surface area contributed by atoms with Gasteiger partial charge in [-0.3, -0.25) is 14.4 Å². The highest BCUT2D eigenvalue weighted by molar-refractivity contribution is 6.42. The molecule has 2 heterocycles. The molecule has 0 unspecified atom stereocenters. The van der Waals surface area contributed by atoms with E-state index in [0.717, 1.165) is 0 Å². The zero-order chi connectivity index (χ0) is 22.1. The number of piperidine rings is 1. The van der Waals surface area contributed by atoms with Gasteiger partial charge in [0, 0.05) is 36.5 Å². The summed E-state index contributed by atoms with van der Waals surface area (Å²) < 4.78 is 1.32. The van der Waals surface area contributed by atoms with E-state index >= 15 is 0 Å². The van der Waals surface area contributed by atoms with Gasteiger partial charge in [-0.2, -0.15) is 5.10 Å². The third-order valence-electron chi connectivity index (χ3n) is 5.73.